The van der Waals surface area contributed by atoms with E-state index in [0.717, 1.165) is 17.8 Å². The number of benzene rings is 1. The van der Waals surface area contributed by atoms with Gasteiger partial charge in [0.15, 0.2) is 5.16 Å². The highest BCUT2D eigenvalue weighted by Crippen LogP contribution is 2.25. The molecule has 0 spiro atoms. The van der Waals surface area contributed by atoms with Crippen LogP contribution in [0.5, 0.6) is 0 Å². The summed E-state index contributed by atoms with van der Waals surface area (Å²) in [5.74, 6) is -1.41. The van der Waals surface area contributed by atoms with E-state index in [0.29, 0.717) is 34.3 Å². The molecular formula is C18H21F2N3O2S2. The first-order valence-electron chi connectivity index (χ1n) is 8.43. The molecule has 1 heterocycles. The van der Waals surface area contributed by atoms with Crippen LogP contribution in [0.3, 0.4) is 0 Å². The zero-order valence-electron chi connectivity index (χ0n) is 15.2. The van der Waals surface area contributed by atoms with E-state index in [-0.39, 0.29) is 11.2 Å². The van der Waals surface area contributed by atoms with Crippen molar-refractivity contribution < 1.29 is 13.6 Å². The zero-order valence-corrected chi connectivity index (χ0v) is 16.8. The van der Waals surface area contributed by atoms with E-state index < -0.39 is 22.8 Å². The third-order valence-electron chi connectivity index (χ3n) is 3.44. The highest BCUT2D eigenvalue weighted by Gasteiger charge is 2.21. The van der Waals surface area contributed by atoms with Crippen LogP contribution in [-0.4, -0.2) is 26.4 Å². The molecule has 146 valence electrons. The Kier molecular flexibility index (Phi) is 7.85. The van der Waals surface area contributed by atoms with Crippen molar-refractivity contribution in [2.24, 2.45) is 0 Å². The molecule has 0 radical (unpaired) electrons. The Morgan fingerprint density at radius 2 is 2.04 bits per heavy atom. The number of carbonyl (C=O) groups is 1. The van der Waals surface area contributed by atoms with Crippen molar-refractivity contribution in [3.05, 3.63) is 51.9 Å². The summed E-state index contributed by atoms with van der Waals surface area (Å²) in [4.78, 5) is 31.3. The molecule has 1 amide bonds. The molecule has 5 nitrogen and oxygen atoms in total. The number of carbonyl (C=O) groups excluding carboxylic acids is 1. The van der Waals surface area contributed by atoms with Gasteiger partial charge in [-0.25, -0.2) is 13.8 Å². The van der Waals surface area contributed by atoms with E-state index in [1.807, 2.05) is 0 Å². The lowest BCUT2D eigenvalue weighted by Gasteiger charge is -2.15. The molecule has 2 N–H and O–H groups in total. The number of hydrogen-bond donors (Lipinski definition) is 2. The van der Waals surface area contributed by atoms with Crippen molar-refractivity contribution in [3.63, 3.8) is 0 Å². The number of thioether (sulfide) groups is 2. The molecular weight excluding hydrogens is 392 g/mol. The Morgan fingerprint density at radius 1 is 1.30 bits per heavy atom. The Hall–Kier alpha value is -1.87. The number of amides is 1. The summed E-state index contributed by atoms with van der Waals surface area (Å²) in [6.45, 7) is 5.91. The van der Waals surface area contributed by atoms with Crippen LogP contribution in [0.4, 0.5) is 14.5 Å². The molecule has 9 heteroatoms. The summed E-state index contributed by atoms with van der Waals surface area (Å²) >= 11 is 2.76. The molecule has 2 aromatic rings. The number of aromatic nitrogens is 2. The van der Waals surface area contributed by atoms with Gasteiger partial charge < -0.3 is 10.3 Å². The maximum absolute atomic E-state index is 13.7. The summed E-state index contributed by atoms with van der Waals surface area (Å²) in [6, 6.07) is 4.39. The molecule has 0 aliphatic heterocycles. The van der Waals surface area contributed by atoms with Gasteiger partial charge in [0, 0.05) is 17.9 Å². The molecule has 0 saturated heterocycles. The second-order valence-corrected chi connectivity index (χ2v) is 8.79. The predicted octanol–water partition coefficient (Wildman–Crippen LogP) is 4.20. The minimum atomic E-state index is -0.845. The van der Waals surface area contributed by atoms with E-state index in [2.05, 4.69) is 29.1 Å². The molecule has 1 aromatic heterocycles. The van der Waals surface area contributed by atoms with Crippen LogP contribution >= 0.6 is 23.5 Å². The fraction of sp³-hybridized carbons (Fsp3) is 0.389. The number of hydrogen-bond acceptors (Lipinski definition) is 5. The van der Waals surface area contributed by atoms with E-state index in [9.17, 15) is 18.4 Å². The van der Waals surface area contributed by atoms with Gasteiger partial charge in [-0.05, 0) is 23.8 Å². The molecule has 0 aliphatic carbocycles. The summed E-state index contributed by atoms with van der Waals surface area (Å²) in [7, 11) is 0. The average molecular weight is 414 g/mol. The van der Waals surface area contributed by atoms with Gasteiger partial charge in [0.05, 0.1) is 16.6 Å². The number of rotatable bonds is 8. The number of anilines is 1. The van der Waals surface area contributed by atoms with Crippen LogP contribution in [-0.2, 0) is 10.5 Å². The highest BCUT2D eigenvalue weighted by molar-refractivity contribution is 8.00. The Balaban J connectivity index is 2.11. The van der Waals surface area contributed by atoms with Crippen LogP contribution in [0.2, 0.25) is 0 Å². The van der Waals surface area contributed by atoms with Gasteiger partial charge >= 0.3 is 0 Å². The van der Waals surface area contributed by atoms with Gasteiger partial charge in [0.2, 0.25) is 5.91 Å². The first-order valence-corrected chi connectivity index (χ1v) is 10.4. The van der Waals surface area contributed by atoms with Crippen LogP contribution in [0.1, 0.15) is 32.9 Å². The van der Waals surface area contributed by atoms with Gasteiger partial charge in [-0.15, -0.1) is 0 Å². The lowest BCUT2D eigenvalue weighted by atomic mass is 10.2. The first-order chi connectivity index (χ1) is 12.8. The number of aromatic amines is 1. The minimum absolute atomic E-state index is 0.0935. The van der Waals surface area contributed by atoms with Crippen molar-refractivity contribution in [1.29, 1.82) is 0 Å². The second-order valence-electron chi connectivity index (χ2n) is 6.03. The molecule has 0 fully saturated rings. The summed E-state index contributed by atoms with van der Waals surface area (Å²) in [5.41, 5.74) is 0.260. The van der Waals surface area contributed by atoms with Gasteiger partial charge in [-0.1, -0.05) is 32.5 Å². The molecule has 0 saturated carbocycles. The molecule has 0 bridgehead atoms. The Morgan fingerprint density at radius 3 is 2.67 bits per heavy atom. The largest absolute Gasteiger partial charge is 0.323 e. The third kappa shape index (κ3) is 6.66. The van der Waals surface area contributed by atoms with Crippen molar-refractivity contribution >= 4 is 35.1 Å². The van der Waals surface area contributed by atoms with Gasteiger partial charge in [-0.2, -0.15) is 11.8 Å². The maximum Gasteiger partial charge on any atom is 0.251 e. The van der Waals surface area contributed by atoms with E-state index in [4.69, 9.17) is 0 Å². The van der Waals surface area contributed by atoms with Crippen LogP contribution < -0.4 is 10.9 Å². The van der Waals surface area contributed by atoms with E-state index >= 15 is 0 Å². The highest BCUT2D eigenvalue weighted by atomic mass is 32.2. The SMILES string of the molecule is CCC(Sc1nc(CSC(C)C)cc(=O)[nH]1)C(=O)Nc1ccc(F)cc1F. The van der Waals surface area contributed by atoms with E-state index in [1.54, 1.807) is 18.7 Å². The summed E-state index contributed by atoms with van der Waals surface area (Å²) in [5, 5.41) is 2.60. The Bertz CT molecular complexity index is 859. The van der Waals surface area contributed by atoms with Gasteiger partial charge in [0.1, 0.15) is 11.6 Å². The van der Waals surface area contributed by atoms with Crippen LogP contribution in [0.15, 0.2) is 34.2 Å². The van der Waals surface area contributed by atoms with Gasteiger partial charge in [-0.3, -0.25) is 9.59 Å². The lowest BCUT2D eigenvalue weighted by Crippen LogP contribution is -2.26. The quantitative estimate of drug-likeness (QED) is 0.501. The second kappa shape index (κ2) is 9.89. The number of nitrogens with zero attached hydrogens (tertiary/aromatic N) is 1. The minimum Gasteiger partial charge on any atom is -0.323 e. The maximum atomic E-state index is 13.7. The van der Waals surface area contributed by atoms with Crippen molar-refractivity contribution in [2.75, 3.05) is 5.32 Å². The normalized spacial score (nSPS) is 12.2. The number of nitrogens with one attached hydrogen (secondary N) is 2. The van der Waals surface area contributed by atoms with Crippen LogP contribution in [0.25, 0.3) is 0 Å². The van der Waals surface area contributed by atoms with E-state index in [1.165, 1.54) is 12.1 Å². The fourth-order valence-corrected chi connectivity index (χ4v) is 3.71. The summed E-state index contributed by atoms with van der Waals surface area (Å²) < 4.78 is 26.7. The summed E-state index contributed by atoms with van der Waals surface area (Å²) in [6.07, 6.45) is 0.438. The first kappa shape index (κ1) is 21.4. The predicted molar refractivity (Wildman–Crippen MR) is 106 cm³/mol. The topological polar surface area (TPSA) is 74.8 Å². The Labute approximate surface area is 164 Å². The van der Waals surface area contributed by atoms with Gasteiger partial charge in [0.25, 0.3) is 5.56 Å². The van der Waals surface area contributed by atoms with Crippen molar-refractivity contribution in [1.82, 2.24) is 9.97 Å². The number of H-pyrrole nitrogens is 1. The number of halogens is 2. The zero-order chi connectivity index (χ0) is 20.0. The standard InChI is InChI=1S/C18H21F2N3O2S2/c1-4-15(17(25)22-14-6-5-11(19)7-13(14)20)27-18-21-12(8-16(24)23-18)9-26-10(2)3/h5-8,10,15H,4,9H2,1-3H3,(H,22,25)(H,21,23,24). The molecule has 1 unspecified atom stereocenters. The monoisotopic (exact) mass is 413 g/mol. The average Bonchev–Trinajstić information content (AvgIpc) is 2.59. The molecule has 27 heavy (non-hydrogen) atoms. The van der Waals surface area contributed by atoms with Crippen molar-refractivity contribution in [3.8, 4) is 0 Å². The smallest absolute Gasteiger partial charge is 0.251 e. The molecule has 1 atom stereocenters. The van der Waals surface area contributed by atoms with Crippen LogP contribution in [0, 0.1) is 11.6 Å². The molecule has 1 aromatic carbocycles. The molecule has 0 aliphatic rings. The lowest BCUT2D eigenvalue weighted by molar-refractivity contribution is -0.115. The molecule has 2 rings (SSSR count). The third-order valence-corrected chi connectivity index (χ3v) is 5.82. The van der Waals surface area contributed by atoms with Crippen molar-refractivity contribution in [2.45, 2.75) is 48.6 Å². The fourth-order valence-electron chi connectivity index (χ4n) is 2.13.